The summed E-state index contributed by atoms with van der Waals surface area (Å²) in [5, 5.41) is 1.97. The average Bonchev–Trinajstić information content (AvgIpc) is 3.22. The summed E-state index contributed by atoms with van der Waals surface area (Å²) in [6.07, 6.45) is 0.494. The van der Waals surface area contributed by atoms with Crippen LogP contribution in [0.1, 0.15) is 36.0 Å². The summed E-state index contributed by atoms with van der Waals surface area (Å²) in [4.78, 5) is 54.4. The number of hydrogen-bond acceptors (Lipinski definition) is 6. The second-order valence-electron chi connectivity index (χ2n) is 8.65. The molecule has 0 saturated carbocycles. The molecule has 0 aliphatic carbocycles. The van der Waals surface area contributed by atoms with Crippen LogP contribution in [-0.4, -0.2) is 28.8 Å². The van der Waals surface area contributed by atoms with Gasteiger partial charge in [-0.05, 0) is 56.1 Å². The fourth-order valence-electron chi connectivity index (χ4n) is 4.49. The monoisotopic (exact) mass is 766 g/mol. The van der Waals surface area contributed by atoms with Crippen LogP contribution in [0, 0.1) is 0 Å². The van der Waals surface area contributed by atoms with Crippen LogP contribution in [0.2, 0.25) is 0 Å². The largest absolute Gasteiger partial charge is 1.00 e. The number of hydroxylamine groups is 2. The number of ether oxygens (including phenoxy) is 1. The van der Waals surface area contributed by atoms with Crippen LogP contribution >= 0.6 is 31.9 Å². The Hall–Kier alpha value is -2.90. The van der Waals surface area contributed by atoms with E-state index in [1.807, 2.05) is 59.2 Å². The van der Waals surface area contributed by atoms with Gasteiger partial charge in [-0.1, -0.05) is 30.3 Å². The predicted molar refractivity (Wildman–Crippen MR) is 145 cm³/mol. The zero-order valence-electron chi connectivity index (χ0n) is 20.4. The molecule has 8 nitrogen and oxygen atoms in total. The van der Waals surface area contributed by atoms with Crippen LogP contribution in [-0.2, 0) is 25.8 Å². The molecule has 1 fully saturated rings. The molecule has 3 aromatic carbocycles. The third-order valence-electron chi connectivity index (χ3n) is 6.21. The standard InChI is InChI=1S/C28H21Br2N2O6.HI/c29-19-9-5-10-20(30)27(19)37-28(36)26-17-7-1-3-11-21(17)31(22-12-4-2-8-18(22)26)16-6-13-25(35)38-32-23(33)14-15-24(32)34;/h1-5,7-12H,6,13-16H2;1H/q+1;/p-1. The second kappa shape index (κ2) is 12.5. The molecule has 1 aliphatic rings. The van der Waals surface area contributed by atoms with Crippen LogP contribution in [0.3, 0.4) is 0 Å². The van der Waals surface area contributed by atoms with Crippen LogP contribution in [0.25, 0.3) is 21.8 Å². The third-order valence-corrected chi connectivity index (χ3v) is 7.46. The van der Waals surface area contributed by atoms with Gasteiger partial charge in [0.2, 0.25) is 11.0 Å². The fraction of sp³-hybridized carbons (Fsp3) is 0.179. The van der Waals surface area contributed by atoms with Crippen LogP contribution in [0.15, 0.2) is 75.7 Å². The van der Waals surface area contributed by atoms with E-state index >= 15 is 0 Å². The van der Waals surface area contributed by atoms with E-state index in [4.69, 9.17) is 9.57 Å². The summed E-state index contributed by atoms with van der Waals surface area (Å²) in [7, 11) is 0. The second-order valence-corrected chi connectivity index (χ2v) is 10.4. The molecule has 1 aromatic heterocycles. The molecule has 2 heterocycles. The maximum atomic E-state index is 13.6. The molecule has 0 radical (unpaired) electrons. The van der Waals surface area contributed by atoms with Crippen molar-refractivity contribution in [3.63, 3.8) is 0 Å². The zero-order chi connectivity index (χ0) is 26.8. The maximum Gasteiger partial charge on any atom is 0.345 e. The van der Waals surface area contributed by atoms with E-state index in [1.165, 1.54) is 0 Å². The van der Waals surface area contributed by atoms with Gasteiger partial charge in [-0.3, -0.25) is 9.59 Å². The van der Waals surface area contributed by atoms with Gasteiger partial charge in [0.25, 0.3) is 11.8 Å². The third kappa shape index (κ3) is 5.99. The molecule has 4 aromatic rings. The number of fused-ring (bicyclic) bond motifs is 2. The summed E-state index contributed by atoms with van der Waals surface area (Å²) in [5.41, 5.74) is 2.02. The Labute approximate surface area is 257 Å². The Kier molecular flexibility index (Phi) is 9.34. The van der Waals surface area contributed by atoms with E-state index in [0.717, 1.165) is 11.0 Å². The van der Waals surface area contributed by atoms with E-state index < -0.39 is 23.8 Å². The molecule has 200 valence electrons. The van der Waals surface area contributed by atoms with Crippen molar-refractivity contribution in [2.45, 2.75) is 32.2 Å². The predicted octanol–water partition coefficient (Wildman–Crippen LogP) is 2.42. The average molecular weight is 768 g/mol. The van der Waals surface area contributed by atoms with E-state index in [1.54, 1.807) is 12.1 Å². The minimum atomic E-state index is -0.651. The molecule has 0 atom stereocenters. The van der Waals surface area contributed by atoms with Gasteiger partial charge in [0.1, 0.15) is 6.54 Å². The molecule has 0 bridgehead atoms. The summed E-state index contributed by atoms with van der Waals surface area (Å²) >= 11 is 6.89. The number of halogens is 3. The number of benzene rings is 3. The first-order valence-electron chi connectivity index (χ1n) is 11.9. The van der Waals surface area contributed by atoms with Crippen molar-refractivity contribution in [1.29, 1.82) is 0 Å². The van der Waals surface area contributed by atoms with Crippen molar-refractivity contribution in [1.82, 2.24) is 5.06 Å². The van der Waals surface area contributed by atoms with Gasteiger partial charge in [0, 0.05) is 31.4 Å². The van der Waals surface area contributed by atoms with Gasteiger partial charge in [0.05, 0.1) is 31.7 Å². The Bertz CT molecular complexity index is 1530. The van der Waals surface area contributed by atoms with Crippen LogP contribution < -0.4 is 33.3 Å². The molecule has 11 heteroatoms. The number of amides is 2. The quantitative estimate of drug-likeness (QED) is 0.0717. The minimum Gasteiger partial charge on any atom is -1.00 e. The first-order valence-corrected chi connectivity index (χ1v) is 13.5. The lowest BCUT2D eigenvalue weighted by molar-refractivity contribution is -0.645. The Balaban J connectivity index is 0.00000353. The van der Waals surface area contributed by atoms with E-state index in [9.17, 15) is 19.2 Å². The zero-order valence-corrected chi connectivity index (χ0v) is 25.7. The number of rotatable bonds is 7. The van der Waals surface area contributed by atoms with Crippen LogP contribution in [0.4, 0.5) is 0 Å². The molecule has 0 unspecified atom stereocenters. The number of aromatic nitrogens is 1. The number of pyridine rings is 1. The molecule has 39 heavy (non-hydrogen) atoms. The van der Waals surface area contributed by atoms with Gasteiger partial charge in [0.15, 0.2) is 5.75 Å². The molecule has 1 saturated heterocycles. The number of nitrogens with zero attached hydrogens (tertiary/aromatic N) is 2. The van der Waals surface area contributed by atoms with E-state index in [0.29, 0.717) is 49.1 Å². The Morgan fingerprint density at radius 1 is 0.821 bits per heavy atom. The van der Waals surface area contributed by atoms with Gasteiger partial charge in [-0.25, -0.2) is 9.59 Å². The molecule has 2 amide bonds. The Morgan fingerprint density at radius 3 is 1.92 bits per heavy atom. The minimum absolute atomic E-state index is 0. The summed E-state index contributed by atoms with van der Waals surface area (Å²) < 4.78 is 9.17. The van der Waals surface area contributed by atoms with Crippen molar-refractivity contribution >= 4 is 77.4 Å². The molecule has 0 N–H and O–H groups in total. The lowest BCUT2D eigenvalue weighted by Crippen LogP contribution is -3.00. The molecule has 5 rings (SSSR count). The lowest BCUT2D eigenvalue weighted by atomic mass is 10.0. The SMILES string of the molecule is O=C(CCC[n+]1c2ccccc2c(C(=O)Oc2c(Br)cccc2Br)c2ccccc21)ON1C(=O)CCC1=O.[I-]. The fourth-order valence-corrected chi connectivity index (χ4v) is 5.65. The van der Waals surface area contributed by atoms with Gasteiger partial charge in [-0.15, -0.1) is 5.06 Å². The summed E-state index contributed by atoms with van der Waals surface area (Å²) in [5.74, 6) is -1.78. The van der Waals surface area contributed by atoms with Gasteiger partial charge < -0.3 is 33.6 Å². The van der Waals surface area contributed by atoms with Gasteiger partial charge >= 0.3 is 11.9 Å². The van der Waals surface area contributed by atoms with E-state index in [-0.39, 0.29) is 43.2 Å². The first kappa shape index (κ1) is 29.1. The van der Waals surface area contributed by atoms with Crippen LogP contribution in [0.5, 0.6) is 5.75 Å². The number of aryl methyl sites for hydroxylation is 1. The molecular weight excluding hydrogens is 747 g/mol. The lowest BCUT2D eigenvalue weighted by Gasteiger charge is -2.14. The maximum absolute atomic E-state index is 13.6. The molecule has 1 aliphatic heterocycles. The van der Waals surface area contributed by atoms with Crippen molar-refractivity contribution in [3.05, 3.63) is 81.2 Å². The number of carbonyl (C=O) groups is 4. The highest BCUT2D eigenvalue weighted by atomic mass is 127. The first-order chi connectivity index (χ1) is 18.3. The van der Waals surface area contributed by atoms with Crippen molar-refractivity contribution in [2.75, 3.05) is 0 Å². The topological polar surface area (TPSA) is 93.9 Å². The molecule has 0 spiro atoms. The van der Waals surface area contributed by atoms with Gasteiger partial charge in [-0.2, -0.15) is 4.57 Å². The highest BCUT2D eigenvalue weighted by Crippen LogP contribution is 2.35. The smallest absolute Gasteiger partial charge is 0.345 e. The van der Waals surface area contributed by atoms with Crippen molar-refractivity contribution < 1.29 is 57.3 Å². The molecular formula is C28H21Br2IN2O6. The highest BCUT2D eigenvalue weighted by Gasteiger charge is 2.33. The van der Waals surface area contributed by atoms with Crippen molar-refractivity contribution in [3.8, 4) is 5.75 Å². The number of hydrogen-bond donors (Lipinski definition) is 0. The summed E-state index contributed by atoms with van der Waals surface area (Å²) in [6, 6.07) is 20.4. The number of carbonyl (C=O) groups excluding carboxylic acids is 4. The number of para-hydroxylation sites is 3. The van der Waals surface area contributed by atoms with E-state index in [2.05, 4.69) is 31.9 Å². The Morgan fingerprint density at radius 2 is 1.36 bits per heavy atom. The van der Waals surface area contributed by atoms with Crippen molar-refractivity contribution in [2.24, 2.45) is 0 Å². The highest BCUT2D eigenvalue weighted by molar-refractivity contribution is 9.11. The number of imide groups is 1. The summed E-state index contributed by atoms with van der Waals surface area (Å²) in [6.45, 7) is 0.434. The number of esters is 1. The normalized spacial score (nSPS) is 13.0.